The normalized spacial score (nSPS) is 16.8. The minimum Gasteiger partial charge on any atom is -0.376 e. The van der Waals surface area contributed by atoms with Gasteiger partial charge in [0.1, 0.15) is 0 Å². The largest absolute Gasteiger partial charge is 0.376 e. The van der Waals surface area contributed by atoms with Crippen LogP contribution in [0.1, 0.15) is 52.8 Å². The Morgan fingerprint density at radius 3 is 2.79 bits per heavy atom. The fourth-order valence-corrected chi connectivity index (χ4v) is 4.91. The number of hydrogen-bond donors (Lipinski definition) is 0. The number of amides is 1. The average Bonchev–Trinajstić information content (AvgIpc) is 3.40. The molecule has 0 N–H and O–H groups in total. The highest BCUT2D eigenvalue weighted by Crippen LogP contribution is 2.33. The highest BCUT2D eigenvalue weighted by atomic mass is 32.1. The molecular formula is C22H28N4O2S. The van der Waals surface area contributed by atoms with E-state index in [9.17, 15) is 4.79 Å². The number of carbonyl (C=O) groups is 1. The van der Waals surface area contributed by atoms with Crippen LogP contribution in [0.4, 0.5) is 0 Å². The number of aryl methyl sites for hydroxylation is 2. The third-order valence-electron chi connectivity index (χ3n) is 5.45. The van der Waals surface area contributed by atoms with E-state index < -0.39 is 0 Å². The molecule has 0 bridgehead atoms. The third-order valence-corrected chi connectivity index (χ3v) is 6.42. The van der Waals surface area contributed by atoms with E-state index in [4.69, 9.17) is 9.72 Å². The summed E-state index contributed by atoms with van der Waals surface area (Å²) in [4.78, 5) is 22.5. The third kappa shape index (κ3) is 3.81. The van der Waals surface area contributed by atoms with Gasteiger partial charge in [-0.15, -0.1) is 11.3 Å². The van der Waals surface area contributed by atoms with Gasteiger partial charge in [-0.25, -0.2) is 9.67 Å². The fraction of sp³-hybridized carbons (Fsp3) is 0.500. The van der Waals surface area contributed by atoms with Gasteiger partial charge in [0.2, 0.25) is 0 Å². The number of carbonyl (C=O) groups excluding carboxylic acids is 1. The Morgan fingerprint density at radius 1 is 1.38 bits per heavy atom. The van der Waals surface area contributed by atoms with Crippen LogP contribution in [0.2, 0.25) is 0 Å². The molecule has 6 nitrogen and oxygen atoms in total. The Bertz CT molecular complexity index is 1050. The van der Waals surface area contributed by atoms with E-state index in [0.717, 1.165) is 41.7 Å². The van der Waals surface area contributed by atoms with Crippen molar-refractivity contribution in [1.82, 2.24) is 19.7 Å². The van der Waals surface area contributed by atoms with Crippen molar-refractivity contribution in [1.29, 1.82) is 0 Å². The van der Waals surface area contributed by atoms with Gasteiger partial charge in [0.25, 0.3) is 5.91 Å². The summed E-state index contributed by atoms with van der Waals surface area (Å²) in [6.45, 7) is 9.74. The standard InChI is InChI=1S/C22H28N4O2S/c1-13(2)26-21-19(11-23-26)18(22(27)25(5)12-16-7-6-8-28-16)10-20(24-21)17-9-14(3)29-15(17)4/h9-11,13,16H,6-8,12H2,1-5H3. The molecule has 3 aromatic heterocycles. The predicted octanol–water partition coefficient (Wildman–Crippen LogP) is 4.61. The second-order valence-corrected chi connectivity index (χ2v) is 9.58. The molecule has 1 unspecified atom stereocenters. The van der Waals surface area contributed by atoms with Crippen molar-refractivity contribution < 1.29 is 9.53 Å². The second kappa shape index (κ2) is 7.88. The highest BCUT2D eigenvalue weighted by molar-refractivity contribution is 7.12. The van der Waals surface area contributed by atoms with Crippen LogP contribution in [-0.2, 0) is 4.74 Å². The zero-order chi connectivity index (χ0) is 20.7. The summed E-state index contributed by atoms with van der Waals surface area (Å²) in [6.07, 6.45) is 3.97. The lowest BCUT2D eigenvalue weighted by Crippen LogP contribution is -2.34. The summed E-state index contributed by atoms with van der Waals surface area (Å²) in [5.41, 5.74) is 3.33. The number of rotatable bonds is 5. The van der Waals surface area contributed by atoms with Crippen molar-refractivity contribution in [3.63, 3.8) is 0 Å². The monoisotopic (exact) mass is 412 g/mol. The molecule has 4 heterocycles. The van der Waals surface area contributed by atoms with Crippen LogP contribution in [0.25, 0.3) is 22.3 Å². The van der Waals surface area contributed by atoms with Crippen LogP contribution in [0.5, 0.6) is 0 Å². The van der Waals surface area contributed by atoms with Gasteiger partial charge in [-0.2, -0.15) is 5.10 Å². The topological polar surface area (TPSA) is 60.3 Å². The Hall–Kier alpha value is -2.25. The Labute approximate surface area is 175 Å². The molecule has 0 radical (unpaired) electrons. The minimum absolute atomic E-state index is 0.0120. The Balaban J connectivity index is 1.81. The number of thiophene rings is 1. The first kappa shape index (κ1) is 20.0. The summed E-state index contributed by atoms with van der Waals surface area (Å²) in [7, 11) is 1.85. The number of hydrogen-bond acceptors (Lipinski definition) is 5. The number of aromatic nitrogens is 3. The molecule has 1 fully saturated rings. The van der Waals surface area contributed by atoms with Crippen LogP contribution in [0.3, 0.4) is 0 Å². The smallest absolute Gasteiger partial charge is 0.254 e. The molecule has 1 amide bonds. The van der Waals surface area contributed by atoms with Crippen LogP contribution in [-0.4, -0.2) is 51.9 Å². The summed E-state index contributed by atoms with van der Waals surface area (Å²) >= 11 is 1.75. The van der Waals surface area contributed by atoms with Crippen molar-refractivity contribution in [3.05, 3.63) is 33.6 Å². The maximum atomic E-state index is 13.4. The van der Waals surface area contributed by atoms with Crippen LogP contribution >= 0.6 is 11.3 Å². The maximum Gasteiger partial charge on any atom is 0.254 e. The molecule has 1 aliphatic heterocycles. The molecule has 0 aliphatic carbocycles. The number of nitrogens with zero attached hydrogens (tertiary/aromatic N) is 4. The summed E-state index contributed by atoms with van der Waals surface area (Å²) in [6, 6.07) is 4.24. The van der Waals surface area contributed by atoms with Gasteiger partial charge in [-0.05, 0) is 52.7 Å². The van der Waals surface area contributed by atoms with Crippen molar-refractivity contribution >= 4 is 28.3 Å². The average molecular weight is 413 g/mol. The predicted molar refractivity (Wildman–Crippen MR) is 117 cm³/mol. The van der Waals surface area contributed by atoms with Crippen molar-refractivity contribution in [3.8, 4) is 11.3 Å². The molecule has 154 valence electrons. The summed E-state index contributed by atoms with van der Waals surface area (Å²) in [5.74, 6) is -0.0120. The van der Waals surface area contributed by atoms with Crippen LogP contribution < -0.4 is 0 Å². The zero-order valence-electron chi connectivity index (χ0n) is 17.7. The van der Waals surface area contributed by atoms with E-state index in [1.807, 2.05) is 17.8 Å². The lowest BCUT2D eigenvalue weighted by Gasteiger charge is -2.21. The van der Waals surface area contributed by atoms with Crippen LogP contribution in [0, 0.1) is 13.8 Å². The summed E-state index contributed by atoms with van der Waals surface area (Å²) < 4.78 is 7.62. The number of fused-ring (bicyclic) bond motifs is 1. The van der Waals surface area contributed by atoms with Gasteiger partial charge in [0.15, 0.2) is 5.65 Å². The molecule has 0 spiro atoms. The molecular weight excluding hydrogens is 384 g/mol. The number of likely N-dealkylation sites (N-methyl/N-ethyl adjacent to an activating group) is 1. The van der Waals surface area contributed by atoms with E-state index in [1.165, 1.54) is 9.75 Å². The van der Waals surface area contributed by atoms with Gasteiger partial charge in [0, 0.05) is 41.6 Å². The quantitative estimate of drug-likeness (QED) is 0.614. The van der Waals surface area contributed by atoms with Gasteiger partial charge in [0.05, 0.1) is 28.9 Å². The zero-order valence-corrected chi connectivity index (χ0v) is 18.5. The molecule has 0 saturated carbocycles. The molecule has 1 saturated heterocycles. The van der Waals surface area contributed by atoms with Crippen molar-refractivity contribution in [2.24, 2.45) is 0 Å². The van der Waals surface area contributed by atoms with E-state index in [-0.39, 0.29) is 18.1 Å². The molecule has 3 aromatic rings. The lowest BCUT2D eigenvalue weighted by atomic mass is 10.1. The minimum atomic E-state index is -0.0120. The Kier molecular flexibility index (Phi) is 5.44. The van der Waals surface area contributed by atoms with Gasteiger partial charge in [-0.1, -0.05) is 0 Å². The number of ether oxygens (including phenoxy) is 1. The highest BCUT2D eigenvalue weighted by Gasteiger charge is 2.25. The second-order valence-electron chi connectivity index (χ2n) is 8.12. The Morgan fingerprint density at radius 2 is 2.17 bits per heavy atom. The van der Waals surface area contributed by atoms with Gasteiger partial charge in [-0.3, -0.25) is 4.79 Å². The fourth-order valence-electron chi connectivity index (χ4n) is 3.98. The molecule has 7 heteroatoms. The molecule has 0 aromatic carbocycles. The number of pyridine rings is 1. The van der Waals surface area contributed by atoms with Crippen molar-refractivity contribution in [2.75, 3.05) is 20.2 Å². The molecule has 1 aliphatic rings. The molecule has 1 atom stereocenters. The van der Waals surface area contributed by atoms with Gasteiger partial charge >= 0.3 is 0 Å². The maximum absolute atomic E-state index is 13.4. The van der Waals surface area contributed by atoms with E-state index >= 15 is 0 Å². The van der Waals surface area contributed by atoms with Crippen LogP contribution in [0.15, 0.2) is 18.3 Å². The van der Waals surface area contributed by atoms with E-state index in [1.54, 1.807) is 22.4 Å². The molecule has 4 rings (SSSR count). The van der Waals surface area contributed by atoms with E-state index in [2.05, 4.69) is 38.9 Å². The first-order chi connectivity index (χ1) is 13.8. The first-order valence-corrected chi connectivity index (χ1v) is 11.0. The SMILES string of the molecule is Cc1cc(-c2cc(C(=O)N(C)CC3CCCO3)c3cnn(C(C)C)c3n2)c(C)s1. The van der Waals surface area contributed by atoms with E-state index in [0.29, 0.717) is 12.1 Å². The lowest BCUT2D eigenvalue weighted by molar-refractivity contribution is 0.0588. The van der Waals surface area contributed by atoms with Crippen molar-refractivity contribution in [2.45, 2.75) is 52.7 Å². The first-order valence-electron chi connectivity index (χ1n) is 10.2. The summed E-state index contributed by atoms with van der Waals surface area (Å²) in [5, 5.41) is 5.33. The molecule has 29 heavy (non-hydrogen) atoms. The van der Waals surface area contributed by atoms with Gasteiger partial charge < -0.3 is 9.64 Å².